The van der Waals surface area contributed by atoms with Gasteiger partial charge >= 0.3 is 0 Å². The summed E-state index contributed by atoms with van der Waals surface area (Å²) in [6.07, 6.45) is 0.128. The number of amides is 2. The normalized spacial score (nSPS) is 10.1. The number of hydrogen-bond donors (Lipinski definition) is 1. The first-order chi connectivity index (χ1) is 11.1. The van der Waals surface area contributed by atoms with Gasteiger partial charge in [-0.15, -0.1) is 0 Å². The molecule has 0 radical (unpaired) electrons. The monoisotopic (exact) mass is 312 g/mol. The zero-order valence-corrected chi connectivity index (χ0v) is 13.1. The summed E-state index contributed by atoms with van der Waals surface area (Å²) in [5.74, 6) is 0.0286. The second-order valence-electron chi connectivity index (χ2n) is 5.16. The fraction of sp³-hybridized carbons (Fsp3) is 0.222. The smallest absolute Gasteiger partial charge is 0.254 e. The third kappa shape index (κ3) is 4.85. The van der Waals surface area contributed by atoms with Gasteiger partial charge in [-0.05, 0) is 23.8 Å². The SMILES string of the molecule is COc1cccc(C(=O)N(CCC(N)=O)Cc2ccccc2)c1. The number of nitrogens with two attached hydrogens (primary N) is 1. The Morgan fingerprint density at radius 3 is 2.48 bits per heavy atom. The van der Waals surface area contributed by atoms with E-state index in [1.165, 1.54) is 0 Å². The van der Waals surface area contributed by atoms with E-state index in [1.807, 2.05) is 30.3 Å². The Kier molecular flexibility index (Phi) is 5.74. The van der Waals surface area contributed by atoms with E-state index < -0.39 is 5.91 Å². The van der Waals surface area contributed by atoms with E-state index in [0.717, 1.165) is 5.56 Å². The highest BCUT2D eigenvalue weighted by Gasteiger charge is 2.17. The minimum Gasteiger partial charge on any atom is -0.497 e. The lowest BCUT2D eigenvalue weighted by Gasteiger charge is -2.22. The lowest BCUT2D eigenvalue weighted by Crippen LogP contribution is -2.33. The van der Waals surface area contributed by atoms with Crippen molar-refractivity contribution >= 4 is 11.8 Å². The molecule has 0 aliphatic rings. The van der Waals surface area contributed by atoms with Crippen LogP contribution in [0.2, 0.25) is 0 Å². The molecule has 0 saturated carbocycles. The minimum absolute atomic E-state index is 0.128. The van der Waals surface area contributed by atoms with Crippen molar-refractivity contribution in [1.29, 1.82) is 0 Å². The first-order valence-electron chi connectivity index (χ1n) is 7.35. The van der Waals surface area contributed by atoms with Gasteiger partial charge in [-0.3, -0.25) is 9.59 Å². The van der Waals surface area contributed by atoms with Crippen molar-refractivity contribution in [2.24, 2.45) is 5.73 Å². The van der Waals surface area contributed by atoms with E-state index in [0.29, 0.717) is 17.9 Å². The number of benzene rings is 2. The van der Waals surface area contributed by atoms with E-state index in [9.17, 15) is 9.59 Å². The van der Waals surface area contributed by atoms with Crippen molar-refractivity contribution in [3.05, 3.63) is 65.7 Å². The quantitative estimate of drug-likeness (QED) is 0.852. The average Bonchev–Trinajstić information content (AvgIpc) is 2.58. The van der Waals surface area contributed by atoms with Crippen molar-refractivity contribution in [2.45, 2.75) is 13.0 Å². The van der Waals surface area contributed by atoms with Crippen molar-refractivity contribution in [3.8, 4) is 5.75 Å². The molecule has 0 spiro atoms. The number of methoxy groups -OCH3 is 1. The molecule has 2 rings (SSSR count). The molecule has 120 valence electrons. The Morgan fingerprint density at radius 2 is 1.83 bits per heavy atom. The number of carbonyl (C=O) groups is 2. The van der Waals surface area contributed by atoms with Crippen LogP contribution in [0.4, 0.5) is 0 Å². The molecule has 0 heterocycles. The molecule has 0 atom stereocenters. The van der Waals surface area contributed by atoms with Gasteiger partial charge in [0.2, 0.25) is 5.91 Å². The van der Waals surface area contributed by atoms with Crippen LogP contribution in [0.15, 0.2) is 54.6 Å². The van der Waals surface area contributed by atoms with Crippen LogP contribution in [0.1, 0.15) is 22.3 Å². The van der Waals surface area contributed by atoms with Crippen molar-refractivity contribution < 1.29 is 14.3 Å². The molecule has 0 aliphatic carbocycles. The van der Waals surface area contributed by atoms with Crippen LogP contribution in [0, 0.1) is 0 Å². The van der Waals surface area contributed by atoms with Crippen LogP contribution >= 0.6 is 0 Å². The van der Waals surface area contributed by atoms with Gasteiger partial charge < -0.3 is 15.4 Å². The van der Waals surface area contributed by atoms with Gasteiger partial charge in [0.05, 0.1) is 7.11 Å². The Hall–Kier alpha value is -2.82. The van der Waals surface area contributed by atoms with E-state index >= 15 is 0 Å². The van der Waals surface area contributed by atoms with Crippen LogP contribution in [-0.2, 0) is 11.3 Å². The highest BCUT2D eigenvalue weighted by atomic mass is 16.5. The highest BCUT2D eigenvalue weighted by Crippen LogP contribution is 2.16. The second-order valence-corrected chi connectivity index (χ2v) is 5.16. The van der Waals surface area contributed by atoms with Gasteiger partial charge in [-0.2, -0.15) is 0 Å². The number of primary amides is 1. The van der Waals surface area contributed by atoms with Crippen molar-refractivity contribution in [2.75, 3.05) is 13.7 Å². The Balaban J connectivity index is 2.20. The zero-order chi connectivity index (χ0) is 16.7. The van der Waals surface area contributed by atoms with Crippen molar-refractivity contribution in [3.63, 3.8) is 0 Å². The van der Waals surface area contributed by atoms with E-state index in [4.69, 9.17) is 10.5 Å². The molecule has 5 heteroatoms. The predicted octanol–water partition coefficient (Wildman–Crippen LogP) is 2.21. The van der Waals surface area contributed by atoms with Gasteiger partial charge in [0.1, 0.15) is 5.75 Å². The number of carbonyl (C=O) groups excluding carboxylic acids is 2. The molecule has 2 amide bonds. The molecule has 5 nitrogen and oxygen atoms in total. The van der Waals surface area contributed by atoms with Crippen LogP contribution in [-0.4, -0.2) is 30.4 Å². The van der Waals surface area contributed by atoms with E-state index in [-0.39, 0.29) is 18.9 Å². The first kappa shape index (κ1) is 16.5. The van der Waals surface area contributed by atoms with Gasteiger partial charge in [-0.25, -0.2) is 0 Å². The fourth-order valence-electron chi connectivity index (χ4n) is 2.24. The van der Waals surface area contributed by atoms with Gasteiger partial charge in [-0.1, -0.05) is 36.4 Å². The summed E-state index contributed by atoms with van der Waals surface area (Å²) in [5.41, 5.74) is 6.73. The minimum atomic E-state index is -0.429. The largest absolute Gasteiger partial charge is 0.497 e. The summed E-state index contributed by atoms with van der Waals surface area (Å²) < 4.78 is 5.16. The van der Waals surface area contributed by atoms with Crippen molar-refractivity contribution in [1.82, 2.24) is 4.90 Å². The Labute approximate surface area is 135 Å². The Morgan fingerprint density at radius 1 is 1.09 bits per heavy atom. The third-order valence-corrected chi connectivity index (χ3v) is 3.45. The first-order valence-corrected chi connectivity index (χ1v) is 7.35. The maximum absolute atomic E-state index is 12.7. The van der Waals surface area contributed by atoms with Gasteiger partial charge in [0.15, 0.2) is 0 Å². The predicted molar refractivity (Wildman–Crippen MR) is 88.0 cm³/mol. The van der Waals surface area contributed by atoms with Gasteiger partial charge in [0.25, 0.3) is 5.91 Å². The van der Waals surface area contributed by atoms with E-state index in [2.05, 4.69) is 0 Å². The summed E-state index contributed by atoms with van der Waals surface area (Å²) in [6.45, 7) is 0.699. The standard InChI is InChI=1S/C18H20N2O3/c1-23-16-9-5-8-15(12-16)18(22)20(11-10-17(19)21)13-14-6-3-2-4-7-14/h2-9,12H,10-11,13H2,1H3,(H2,19,21). The lowest BCUT2D eigenvalue weighted by atomic mass is 10.1. The maximum Gasteiger partial charge on any atom is 0.254 e. The average molecular weight is 312 g/mol. The molecule has 2 aromatic rings. The summed E-state index contributed by atoms with van der Waals surface area (Å²) >= 11 is 0. The fourth-order valence-corrected chi connectivity index (χ4v) is 2.24. The molecule has 0 unspecified atom stereocenters. The molecule has 2 N–H and O–H groups in total. The number of nitrogens with zero attached hydrogens (tertiary/aromatic N) is 1. The molecule has 0 saturated heterocycles. The molecular weight excluding hydrogens is 292 g/mol. The zero-order valence-electron chi connectivity index (χ0n) is 13.1. The molecule has 0 aromatic heterocycles. The van der Waals surface area contributed by atoms with Gasteiger partial charge in [0, 0.05) is 25.1 Å². The highest BCUT2D eigenvalue weighted by molar-refractivity contribution is 5.94. The second kappa shape index (κ2) is 7.98. The van der Waals surface area contributed by atoms with Crippen LogP contribution < -0.4 is 10.5 Å². The molecule has 23 heavy (non-hydrogen) atoms. The van der Waals surface area contributed by atoms with Crippen LogP contribution in [0.25, 0.3) is 0 Å². The summed E-state index contributed by atoms with van der Waals surface area (Å²) in [7, 11) is 1.55. The third-order valence-electron chi connectivity index (χ3n) is 3.45. The number of rotatable bonds is 7. The number of hydrogen-bond acceptors (Lipinski definition) is 3. The summed E-state index contributed by atoms with van der Waals surface area (Å²) in [6, 6.07) is 16.6. The number of ether oxygens (including phenoxy) is 1. The molecule has 0 aliphatic heterocycles. The summed E-state index contributed by atoms with van der Waals surface area (Å²) in [5, 5.41) is 0. The lowest BCUT2D eigenvalue weighted by molar-refractivity contribution is -0.118. The molecule has 2 aromatic carbocycles. The van der Waals surface area contributed by atoms with Crippen LogP contribution in [0.5, 0.6) is 5.75 Å². The molecule has 0 fully saturated rings. The molecular formula is C18H20N2O3. The maximum atomic E-state index is 12.7. The molecule has 0 bridgehead atoms. The summed E-state index contributed by atoms with van der Waals surface area (Å²) in [4.78, 5) is 25.4. The van der Waals surface area contributed by atoms with E-state index in [1.54, 1.807) is 36.3 Å². The topological polar surface area (TPSA) is 72.6 Å². The Bertz CT molecular complexity index is 671. The van der Waals surface area contributed by atoms with Crippen LogP contribution in [0.3, 0.4) is 0 Å².